The molecule has 0 bridgehead atoms. The molecular formula is C12H9ClN2. The summed E-state index contributed by atoms with van der Waals surface area (Å²) in [6, 6.07) is 10.3. The number of fused-ring (bicyclic) bond motifs is 3. The summed E-state index contributed by atoms with van der Waals surface area (Å²) in [4.78, 5) is 4.11. The Kier molecular flexibility index (Phi) is 1.73. The summed E-state index contributed by atoms with van der Waals surface area (Å²) in [5.74, 6) is 0. The topological polar surface area (TPSA) is 17.8 Å². The summed E-state index contributed by atoms with van der Waals surface area (Å²) in [5.41, 5.74) is 2.18. The minimum Gasteiger partial charge on any atom is -0.341 e. The number of hydrogen-bond acceptors (Lipinski definition) is 1. The number of halogens is 1. The maximum Gasteiger partial charge on any atom is 0.153 e. The molecule has 2 heterocycles. The molecule has 15 heavy (non-hydrogen) atoms. The van der Waals surface area contributed by atoms with E-state index >= 15 is 0 Å². The molecule has 74 valence electrons. The van der Waals surface area contributed by atoms with E-state index in [9.17, 15) is 0 Å². The molecule has 3 rings (SSSR count). The Bertz CT molecular complexity index is 655. The molecule has 0 fully saturated rings. The minimum absolute atomic E-state index is 0.561. The molecule has 2 nitrogen and oxygen atoms in total. The van der Waals surface area contributed by atoms with Gasteiger partial charge in [0.2, 0.25) is 0 Å². The van der Waals surface area contributed by atoms with Crippen LogP contribution in [0.15, 0.2) is 36.5 Å². The van der Waals surface area contributed by atoms with Crippen LogP contribution >= 0.6 is 11.6 Å². The minimum atomic E-state index is 0.561. The molecule has 0 aliphatic heterocycles. The average molecular weight is 217 g/mol. The monoisotopic (exact) mass is 216 g/mol. The molecule has 0 amide bonds. The molecule has 0 unspecified atom stereocenters. The van der Waals surface area contributed by atoms with E-state index in [1.807, 2.05) is 25.2 Å². The van der Waals surface area contributed by atoms with Crippen molar-refractivity contribution in [3.8, 4) is 0 Å². The number of aromatic nitrogens is 2. The van der Waals surface area contributed by atoms with Crippen LogP contribution in [0, 0.1) is 0 Å². The van der Waals surface area contributed by atoms with Crippen LogP contribution in [0.25, 0.3) is 21.8 Å². The van der Waals surface area contributed by atoms with Crippen molar-refractivity contribution < 1.29 is 0 Å². The van der Waals surface area contributed by atoms with Crippen LogP contribution in [-0.2, 0) is 7.05 Å². The number of para-hydroxylation sites is 1. The van der Waals surface area contributed by atoms with E-state index in [-0.39, 0.29) is 0 Å². The molecule has 0 saturated carbocycles. The Morgan fingerprint density at radius 3 is 2.80 bits per heavy atom. The number of aryl methyl sites for hydroxylation is 1. The SMILES string of the molecule is Cn1c2ccccc2c2ccnc(Cl)c21. The Morgan fingerprint density at radius 2 is 1.93 bits per heavy atom. The summed E-state index contributed by atoms with van der Waals surface area (Å²) in [6.45, 7) is 0. The highest BCUT2D eigenvalue weighted by Gasteiger charge is 2.10. The summed E-state index contributed by atoms with van der Waals surface area (Å²) >= 11 is 6.10. The molecule has 0 atom stereocenters. The van der Waals surface area contributed by atoms with Gasteiger partial charge in [0, 0.05) is 29.5 Å². The van der Waals surface area contributed by atoms with Crippen LogP contribution in [0.5, 0.6) is 0 Å². The van der Waals surface area contributed by atoms with Gasteiger partial charge in [-0.3, -0.25) is 0 Å². The number of benzene rings is 1. The summed E-state index contributed by atoms with van der Waals surface area (Å²) in [7, 11) is 2.01. The maximum absolute atomic E-state index is 6.10. The summed E-state index contributed by atoms with van der Waals surface area (Å²) < 4.78 is 2.08. The van der Waals surface area contributed by atoms with Crippen molar-refractivity contribution in [3.63, 3.8) is 0 Å². The normalized spacial score (nSPS) is 11.3. The van der Waals surface area contributed by atoms with Crippen LogP contribution in [0.2, 0.25) is 5.15 Å². The van der Waals surface area contributed by atoms with Crippen LogP contribution in [0.3, 0.4) is 0 Å². The van der Waals surface area contributed by atoms with Crippen LogP contribution in [0.4, 0.5) is 0 Å². The summed E-state index contributed by atoms with van der Waals surface area (Å²) in [6.07, 6.45) is 1.75. The first-order chi connectivity index (χ1) is 7.29. The molecule has 0 saturated heterocycles. The lowest BCUT2D eigenvalue weighted by molar-refractivity contribution is 1.01. The third-order valence-corrected chi connectivity index (χ3v) is 3.05. The van der Waals surface area contributed by atoms with Crippen LogP contribution < -0.4 is 0 Å². The van der Waals surface area contributed by atoms with Crippen molar-refractivity contribution in [1.82, 2.24) is 9.55 Å². The highest BCUT2D eigenvalue weighted by Crippen LogP contribution is 2.30. The van der Waals surface area contributed by atoms with Gasteiger partial charge in [0.15, 0.2) is 5.15 Å². The van der Waals surface area contributed by atoms with E-state index in [2.05, 4.69) is 21.7 Å². The molecule has 1 aromatic carbocycles. The molecule has 3 heteroatoms. The number of nitrogens with zero attached hydrogens (tertiary/aromatic N) is 2. The molecule has 0 N–H and O–H groups in total. The quantitative estimate of drug-likeness (QED) is 0.527. The molecular weight excluding hydrogens is 208 g/mol. The van der Waals surface area contributed by atoms with E-state index in [1.54, 1.807) is 6.20 Å². The highest BCUT2D eigenvalue weighted by molar-refractivity contribution is 6.35. The molecule has 0 aliphatic carbocycles. The lowest BCUT2D eigenvalue weighted by atomic mass is 10.2. The Hall–Kier alpha value is -1.54. The molecule has 2 aromatic heterocycles. The first kappa shape index (κ1) is 8.74. The second kappa shape index (κ2) is 2.97. The van der Waals surface area contributed by atoms with Crippen molar-refractivity contribution in [2.45, 2.75) is 0 Å². The van der Waals surface area contributed by atoms with Crippen molar-refractivity contribution >= 4 is 33.4 Å². The van der Waals surface area contributed by atoms with Crippen molar-refractivity contribution in [3.05, 3.63) is 41.7 Å². The van der Waals surface area contributed by atoms with Gasteiger partial charge in [0.25, 0.3) is 0 Å². The lowest BCUT2D eigenvalue weighted by Crippen LogP contribution is -1.88. The zero-order chi connectivity index (χ0) is 10.4. The third kappa shape index (κ3) is 1.08. The summed E-state index contributed by atoms with van der Waals surface area (Å²) in [5, 5.41) is 2.94. The Balaban J connectivity index is 2.69. The fraction of sp³-hybridized carbons (Fsp3) is 0.0833. The highest BCUT2D eigenvalue weighted by atomic mass is 35.5. The van der Waals surface area contributed by atoms with Crippen LogP contribution in [0.1, 0.15) is 0 Å². The Morgan fingerprint density at radius 1 is 1.13 bits per heavy atom. The van der Waals surface area contributed by atoms with E-state index in [1.165, 1.54) is 10.9 Å². The van der Waals surface area contributed by atoms with E-state index < -0.39 is 0 Å². The second-order valence-electron chi connectivity index (χ2n) is 3.57. The smallest absolute Gasteiger partial charge is 0.153 e. The number of pyridine rings is 1. The lowest BCUT2D eigenvalue weighted by Gasteiger charge is -1.98. The fourth-order valence-electron chi connectivity index (χ4n) is 2.08. The van der Waals surface area contributed by atoms with Gasteiger partial charge in [0.05, 0.1) is 5.52 Å². The second-order valence-corrected chi connectivity index (χ2v) is 3.93. The molecule has 3 aromatic rings. The Labute approximate surface area is 92.1 Å². The van der Waals surface area contributed by atoms with Gasteiger partial charge in [-0.15, -0.1) is 0 Å². The largest absolute Gasteiger partial charge is 0.341 e. The molecule has 0 spiro atoms. The van der Waals surface area contributed by atoms with Crippen molar-refractivity contribution in [1.29, 1.82) is 0 Å². The fourth-order valence-corrected chi connectivity index (χ4v) is 2.36. The third-order valence-electron chi connectivity index (χ3n) is 2.77. The molecule has 0 radical (unpaired) electrons. The van der Waals surface area contributed by atoms with Crippen molar-refractivity contribution in [2.24, 2.45) is 7.05 Å². The van der Waals surface area contributed by atoms with E-state index in [4.69, 9.17) is 11.6 Å². The first-order valence-electron chi connectivity index (χ1n) is 4.76. The average Bonchev–Trinajstić information content (AvgIpc) is 2.55. The van der Waals surface area contributed by atoms with Gasteiger partial charge in [0.1, 0.15) is 0 Å². The van der Waals surface area contributed by atoms with Crippen molar-refractivity contribution in [2.75, 3.05) is 0 Å². The zero-order valence-corrected chi connectivity index (χ0v) is 8.99. The standard InChI is InChI=1S/C12H9ClN2/c1-15-10-5-3-2-4-8(10)9-6-7-14-12(13)11(9)15/h2-7H,1H3. The zero-order valence-electron chi connectivity index (χ0n) is 8.24. The van der Waals surface area contributed by atoms with Gasteiger partial charge < -0.3 is 4.57 Å². The first-order valence-corrected chi connectivity index (χ1v) is 5.14. The number of rotatable bonds is 0. The number of hydrogen-bond donors (Lipinski definition) is 0. The maximum atomic E-state index is 6.10. The van der Waals surface area contributed by atoms with Gasteiger partial charge in [-0.2, -0.15) is 0 Å². The molecule has 0 aliphatic rings. The predicted octanol–water partition coefficient (Wildman–Crippen LogP) is 3.38. The van der Waals surface area contributed by atoms with Gasteiger partial charge >= 0.3 is 0 Å². The van der Waals surface area contributed by atoms with Gasteiger partial charge in [-0.1, -0.05) is 29.8 Å². The van der Waals surface area contributed by atoms with Gasteiger partial charge in [-0.25, -0.2) is 4.98 Å². The van der Waals surface area contributed by atoms with Gasteiger partial charge in [-0.05, 0) is 12.1 Å². The predicted molar refractivity (Wildman–Crippen MR) is 63.2 cm³/mol. The van der Waals surface area contributed by atoms with E-state index in [0.29, 0.717) is 5.15 Å². The van der Waals surface area contributed by atoms with E-state index in [0.717, 1.165) is 10.9 Å². The van der Waals surface area contributed by atoms with Crippen LogP contribution in [-0.4, -0.2) is 9.55 Å².